The summed E-state index contributed by atoms with van der Waals surface area (Å²) < 4.78 is 9.78. The van der Waals surface area contributed by atoms with E-state index in [1.54, 1.807) is 6.92 Å². The number of hydrogen-bond donors (Lipinski definition) is 1. The number of methoxy groups -OCH3 is 1. The van der Waals surface area contributed by atoms with E-state index in [-0.39, 0.29) is 18.8 Å². The van der Waals surface area contributed by atoms with E-state index in [4.69, 9.17) is 9.26 Å². The summed E-state index contributed by atoms with van der Waals surface area (Å²) in [5.41, 5.74) is -1.24. The van der Waals surface area contributed by atoms with Crippen molar-refractivity contribution in [3.8, 4) is 0 Å². The number of ether oxygens (including phenoxy) is 1. The lowest BCUT2D eigenvalue weighted by Crippen LogP contribution is -2.53. The van der Waals surface area contributed by atoms with Crippen LogP contribution in [0.5, 0.6) is 0 Å². The van der Waals surface area contributed by atoms with Gasteiger partial charge in [-0.25, -0.2) is 4.79 Å². The van der Waals surface area contributed by atoms with Gasteiger partial charge in [0.05, 0.1) is 0 Å². The molecule has 0 aromatic carbocycles. The first-order valence-corrected chi connectivity index (χ1v) is 5.84. The van der Waals surface area contributed by atoms with Crippen molar-refractivity contribution < 1.29 is 24.0 Å². The SMILES string of the molecule is CCN(C(=O)c1cc(COC)on1)C(C)(C)C(=O)O. The van der Waals surface area contributed by atoms with Crippen molar-refractivity contribution in [1.29, 1.82) is 0 Å². The smallest absolute Gasteiger partial charge is 0.329 e. The molecule has 19 heavy (non-hydrogen) atoms. The molecule has 0 radical (unpaired) electrons. The Morgan fingerprint density at radius 1 is 1.53 bits per heavy atom. The van der Waals surface area contributed by atoms with Crippen LogP contribution in [0.4, 0.5) is 0 Å². The van der Waals surface area contributed by atoms with E-state index in [9.17, 15) is 14.7 Å². The number of aliphatic carboxylic acids is 1. The number of hydrogen-bond acceptors (Lipinski definition) is 5. The second-order valence-electron chi connectivity index (χ2n) is 4.53. The molecule has 0 aliphatic carbocycles. The lowest BCUT2D eigenvalue weighted by molar-refractivity contribution is -0.147. The van der Waals surface area contributed by atoms with Crippen LogP contribution in [-0.2, 0) is 16.1 Å². The van der Waals surface area contributed by atoms with Gasteiger partial charge in [0.2, 0.25) is 0 Å². The molecule has 0 unspecified atom stereocenters. The Labute approximate surface area is 111 Å². The number of carboxylic acid groups (broad SMARTS) is 1. The zero-order valence-electron chi connectivity index (χ0n) is 11.5. The molecule has 1 aromatic rings. The van der Waals surface area contributed by atoms with Crippen LogP contribution in [-0.4, -0.2) is 46.2 Å². The quantitative estimate of drug-likeness (QED) is 0.833. The van der Waals surface area contributed by atoms with Crippen molar-refractivity contribution in [2.75, 3.05) is 13.7 Å². The Balaban J connectivity index is 2.98. The number of aromatic nitrogens is 1. The van der Waals surface area contributed by atoms with E-state index in [0.29, 0.717) is 5.76 Å². The fraction of sp³-hybridized carbons (Fsp3) is 0.583. The summed E-state index contributed by atoms with van der Waals surface area (Å²) in [7, 11) is 1.50. The highest BCUT2D eigenvalue weighted by Crippen LogP contribution is 2.18. The highest BCUT2D eigenvalue weighted by molar-refractivity contribution is 5.96. The van der Waals surface area contributed by atoms with Crippen molar-refractivity contribution in [2.24, 2.45) is 0 Å². The molecule has 106 valence electrons. The van der Waals surface area contributed by atoms with Crippen LogP contribution in [0.3, 0.4) is 0 Å². The van der Waals surface area contributed by atoms with Crippen molar-refractivity contribution in [3.05, 3.63) is 17.5 Å². The summed E-state index contributed by atoms with van der Waals surface area (Å²) in [5.74, 6) is -1.15. The van der Waals surface area contributed by atoms with Crippen LogP contribution in [0.2, 0.25) is 0 Å². The van der Waals surface area contributed by atoms with E-state index in [1.807, 2.05) is 0 Å². The maximum atomic E-state index is 12.2. The van der Waals surface area contributed by atoms with Crippen LogP contribution in [0, 0.1) is 0 Å². The van der Waals surface area contributed by atoms with E-state index in [2.05, 4.69) is 5.16 Å². The fourth-order valence-corrected chi connectivity index (χ4v) is 1.67. The summed E-state index contributed by atoms with van der Waals surface area (Å²) in [4.78, 5) is 24.7. The first-order chi connectivity index (χ1) is 8.84. The monoisotopic (exact) mass is 270 g/mol. The van der Waals surface area contributed by atoms with Gasteiger partial charge in [0.25, 0.3) is 5.91 Å². The Morgan fingerprint density at radius 3 is 2.63 bits per heavy atom. The molecular weight excluding hydrogens is 252 g/mol. The van der Waals surface area contributed by atoms with Crippen LogP contribution < -0.4 is 0 Å². The minimum atomic E-state index is -1.31. The largest absolute Gasteiger partial charge is 0.480 e. The van der Waals surface area contributed by atoms with Crippen LogP contribution in [0.1, 0.15) is 37.0 Å². The maximum Gasteiger partial charge on any atom is 0.329 e. The molecule has 0 atom stereocenters. The molecule has 7 nitrogen and oxygen atoms in total. The van der Waals surface area contributed by atoms with Crippen LogP contribution in [0.15, 0.2) is 10.6 Å². The highest BCUT2D eigenvalue weighted by atomic mass is 16.5. The van der Waals surface area contributed by atoms with Gasteiger partial charge in [-0.2, -0.15) is 0 Å². The number of carboxylic acids is 1. The third kappa shape index (κ3) is 3.11. The van der Waals surface area contributed by atoms with Gasteiger partial charge in [-0.3, -0.25) is 4.79 Å². The molecule has 0 aliphatic rings. The van der Waals surface area contributed by atoms with Gasteiger partial charge in [-0.15, -0.1) is 0 Å². The van der Waals surface area contributed by atoms with Crippen LogP contribution in [0.25, 0.3) is 0 Å². The zero-order chi connectivity index (χ0) is 14.6. The maximum absolute atomic E-state index is 12.2. The van der Waals surface area contributed by atoms with E-state index in [0.717, 1.165) is 0 Å². The van der Waals surface area contributed by atoms with Gasteiger partial charge in [0.15, 0.2) is 11.5 Å². The van der Waals surface area contributed by atoms with Crippen molar-refractivity contribution in [1.82, 2.24) is 10.1 Å². The third-order valence-electron chi connectivity index (χ3n) is 2.82. The molecule has 0 bridgehead atoms. The van der Waals surface area contributed by atoms with Gasteiger partial charge in [0.1, 0.15) is 12.1 Å². The van der Waals surface area contributed by atoms with Crippen molar-refractivity contribution in [3.63, 3.8) is 0 Å². The van der Waals surface area contributed by atoms with Gasteiger partial charge in [-0.1, -0.05) is 5.16 Å². The molecule has 0 fully saturated rings. The summed E-state index contributed by atoms with van der Waals surface area (Å²) in [5, 5.41) is 12.8. The summed E-state index contributed by atoms with van der Waals surface area (Å²) in [6.07, 6.45) is 0. The standard InChI is InChI=1S/C12H18N2O5/c1-5-14(12(2,3)11(16)17)10(15)9-6-8(7-18-4)19-13-9/h6H,5,7H2,1-4H3,(H,16,17). The molecule has 7 heteroatoms. The second-order valence-corrected chi connectivity index (χ2v) is 4.53. The van der Waals surface area contributed by atoms with Gasteiger partial charge in [0, 0.05) is 19.7 Å². The summed E-state index contributed by atoms with van der Waals surface area (Å²) in [6.45, 7) is 5.10. The average molecular weight is 270 g/mol. The second kappa shape index (κ2) is 5.83. The minimum Gasteiger partial charge on any atom is -0.480 e. The lowest BCUT2D eigenvalue weighted by Gasteiger charge is -2.33. The van der Waals surface area contributed by atoms with Gasteiger partial charge in [-0.05, 0) is 20.8 Å². The first kappa shape index (κ1) is 15.2. The highest BCUT2D eigenvalue weighted by Gasteiger charge is 2.38. The van der Waals surface area contributed by atoms with Crippen LogP contribution >= 0.6 is 0 Å². The Kier molecular flexibility index (Phi) is 4.66. The number of nitrogens with zero attached hydrogens (tertiary/aromatic N) is 2. The lowest BCUT2D eigenvalue weighted by atomic mass is 10.0. The number of carbonyl (C=O) groups excluding carboxylic acids is 1. The Bertz CT molecular complexity index is 466. The molecule has 1 heterocycles. The number of amides is 1. The molecule has 0 saturated carbocycles. The normalized spacial score (nSPS) is 11.4. The average Bonchev–Trinajstić information content (AvgIpc) is 2.78. The first-order valence-electron chi connectivity index (χ1n) is 5.84. The van der Waals surface area contributed by atoms with Crippen molar-refractivity contribution in [2.45, 2.75) is 32.9 Å². The van der Waals surface area contributed by atoms with E-state index < -0.39 is 17.4 Å². The molecular formula is C12H18N2O5. The zero-order valence-corrected chi connectivity index (χ0v) is 11.5. The van der Waals surface area contributed by atoms with E-state index in [1.165, 1.54) is 31.9 Å². The molecule has 0 saturated heterocycles. The molecule has 1 amide bonds. The number of carbonyl (C=O) groups is 2. The van der Waals surface area contributed by atoms with Crippen molar-refractivity contribution >= 4 is 11.9 Å². The third-order valence-corrected chi connectivity index (χ3v) is 2.82. The Hall–Kier alpha value is -1.89. The molecule has 0 aliphatic heterocycles. The number of likely N-dealkylation sites (N-methyl/N-ethyl adjacent to an activating group) is 1. The van der Waals surface area contributed by atoms with Gasteiger partial charge < -0.3 is 19.3 Å². The molecule has 1 rings (SSSR count). The fourth-order valence-electron chi connectivity index (χ4n) is 1.67. The van der Waals surface area contributed by atoms with E-state index >= 15 is 0 Å². The predicted octanol–water partition coefficient (Wildman–Crippen LogP) is 1.15. The molecule has 0 spiro atoms. The predicted molar refractivity (Wildman–Crippen MR) is 65.6 cm³/mol. The number of rotatable bonds is 6. The summed E-state index contributed by atoms with van der Waals surface area (Å²) >= 11 is 0. The topological polar surface area (TPSA) is 92.9 Å². The Morgan fingerprint density at radius 2 is 2.16 bits per heavy atom. The minimum absolute atomic E-state index is 0.0724. The van der Waals surface area contributed by atoms with Gasteiger partial charge >= 0.3 is 5.97 Å². The molecule has 1 aromatic heterocycles. The summed E-state index contributed by atoms with van der Waals surface area (Å²) in [6, 6.07) is 1.45. The molecule has 1 N–H and O–H groups in total.